The summed E-state index contributed by atoms with van der Waals surface area (Å²) in [5, 5.41) is 8.62. The van der Waals surface area contributed by atoms with E-state index in [1.165, 1.54) is 12.1 Å². The summed E-state index contributed by atoms with van der Waals surface area (Å²) in [6.45, 7) is 0. The lowest BCUT2D eigenvalue weighted by Gasteiger charge is -2.03. The van der Waals surface area contributed by atoms with Crippen molar-refractivity contribution in [2.24, 2.45) is 0 Å². The van der Waals surface area contributed by atoms with Crippen molar-refractivity contribution in [3.05, 3.63) is 59.7 Å². The lowest BCUT2D eigenvalue weighted by atomic mass is 10.0. The van der Waals surface area contributed by atoms with Gasteiger partial charge in [-0.25, -0.2) is 8.78 Å². The highest BCUT2D eigenvalue weighted by molar-refractivity contribution is 5.64. The van der Waals surface area contributed by atoms with Crippen molar-refractivity contribution in [3.8, 4) is 17.2 Å². The minimum atomic E-state index is -0.607. The molecule has 0 amide bonds. The average molecular weight is 215 g/mol. The monoisotopic (exact) mass is 215 g/mol. The number of nitrogens with zero attached hydrogens (tertiary/aromatic N) is 1. The zero-order valence-corrected chi connectivity index (χ0v) is 8.24. The summed E-state index contributed by atoms with van der Waals surface area (Å²) in [5.41, 5.74) is 1.45. The van der Waals surface area contributed by atoms with Crippen LogP contribution in [0.4, 0.5) is 8.78 Å². The van der Waals surface area contributed by atoms with Gasteiger partial charge in [0.15, 0.2) is 0 Å². The Kier molecular flexibility index (Phi) is 2.65. The molecule has 0 aromatic heterocycles. The summed E-state index contributed by atoms with van der Waals surface area (Å²) >= 11 is 0. The molecule has 0 N–H and O–H groups in total. The standard InChI is InChI=1S/C13H7F2N/c14-11-5-6-12(13(15)7-11)10-3-1-9(8-16)2-4-10/h1-7H. The van der Waals surface area contributed by atoms with Crippen molar-refractivity contribution in [1.29, 1.82) is 5.26 Å². The molecule has 0 saturated carbocycles. The largest absolute Gasteiger partial charge is 0.207 e. The Balaban J connectivity index is 2.47. The van der Waals surface area contributed by atoms with E-state index in [-0.39, 0.29) is 0 Å². The molecular formula is C13H7F2N. The third-order valence-corrected chi connectivity index (χ3v) is 2.26. The topological polar surface area (TPSA) is 23.8 Å². The quantitative estimate of drug-likeness (QED) is 0.714. The molecule has 0 atom stereocenters. The predicted molar refractivity (Wildman–Crippen MR) is 56.5 cm³/mol. The third-order valence-electron chi connectivity index (χ3n) is 2.26. The summed E-state index contributed by atoms with van der Waals surface area (Å²) in [4.78, 5) is 0. The fourth-order valence-corrected chi connectivity index (χ4v) is 1.45. The second-order valence-electron chi connectivity index (χ2n) is 3.31. The lowest BCUT2D eigenvalue weighted by molar-refractivity contribution is 0.585. The van der Waals surface area contributed by atoms with Crippen LogP contribution >= 0.6 is 0 Å². The molecule has 0 heterocycles. The SMILES string of the molecule is N#Cc1ccc(-c2ccc(F)cc2F)cc1. The first-order valence-electron chi connectivity index (χ1n) is 4.66. The highest BCUT2D eigenvalue weighted by atomic mass is 19.1. The van der Waals surface area contributed by atoms with Gasteiger partial charge < -0.3 is 0 Å². The summed E-state index contributed by atoms with van der Waals surface area (Å²) < 4.78 is 26.1. The molecule has 78 valence electrons. The molecule has 2 aromatic rings. The van der Waals surface area contributed by atoms with Crippen molar-refractivity contribution in [3.63, 3.8) is 0 Å². The summed E-state index contributed by atoms with van der Waals surface area (Å²) in [7, 11) is 0. The molecule has 1 nitrogen and oxygen atoms in total. The zero-order valence-electron chi connectivity index (χ0n) is 8.24. The molecular weight excluding hydrogens is 208 g/mol. The molecule has 16 heavy (non-hydrogen) atoms. The summed E-state index contributed by atoms with van der Waals surface area (Å²) in [6, 6.07) is 11.9. The zero-order chi connectivity index (χ0) is 11.5. The molecule has 0 aliphatic rings. The normalized spacial score (nSPS) is 9.81. The first kappa shape index (κ1) is 10.3. The van der Waals surface area contributed by atoms with Crippen molar-refractivity contribution >= 4 is 0 Å². The van der Waals surface area contributed by atoms with E-state index in [0.717, 1.165) is 6.07 Å². The maximum absolute atomic E-state index is 13.4. The van der Waals surface area contributed by atoms with E-state index >= 15 is 0 Å². The fourth-order valence-electron chi connectivity index (χ4n) is 1.45. The Morgan fingerprint density at radius 1 is 0.938 bits per heavy atom. The van der Waals surface area contributed by atoms with Crippen LogP contribution in [0.15, 0.2) is 42.5 Å². The molecule has 3 heteroatoms. The maximum Gasteiger partial charge on any atom is 0.133 e. The van der Waals surface area contributed by atoms with Gasteiger partial charge in [0.2, 0.25) is 0 Å². The Morgan fingerprint density at radius 2 is 1.62 bits per heavy atom. The van der Waals surface area contributed by atoms with Gasteiger partial charge in [-0.1, -0.05) is 12.1 Å². The van der Waals surface area contributed by atoms with Gasteiger partial charge in [0.25, 0.3) is 0 Å². The van der Waals surface area contributed by atoms with E-state index in [1.807, 2.05) is 6.07 Å². The fraction of sp³-hybridized carbons (Fsp3) is 0. The summed E-state index contributed by atoms with van der Waals surface area (Å²) in [5.74, 6) is -1.21. The predicted octanol–water partition coefficient (Wildman–Crippen LogP) is 3.50. The number of halogens is 2. The van der Waals surface area contributed by atoms with Crippen LogP contribution < -0.4 is 0 Å². The van der Waals surface area contributed by atoms with Crippen LogP contribution in [-0.2, 0) is 0 Å². The van der Waals surface area contributed by atoms with Gasteiger partial charge in [-0.05, 0) is 29.8 Å². The number of nitriles is 1. The molecule has 0 radical (unpaired) electrons. The number of hydrogen-bond acceptors (Lipinski definition) is 1. The molecule has 0 fully saturated rings. The van der Waals surface area contributed by atoms with Gasteiger partial charge in [-0.3, -0.25) is 0 Å². The Labute approximate surface area is 91.6 Å². The minimum Gasteiger partial charge on any atom is -0.207 e. The molecule has 0 saturated heterocycles. The lowest BCUT2D eigenvalue weighted by Crippen LogP contribution is -1.86. The molecule has 0 aliphatic carbocycles. The van der Waals surface area contributed by atoms with E-state index < -0.39 is 11.6 Å². The smallest absolute Gasteiger partial charge is 0.133 e. The molecule has 0 bridgehead atoms. The van der Waals surface area contributed by atoms with Crippen LogP contribution in [0.25, 0.3) is 11.1 Å². The first-order chi connectivity index (χ1) is 7.70. The van der Waals surface area contributed by atoms with E-state index in [0.29, 0.717) is 16.7 Å². The third kappa shape index (κ3) is 1.91. The Hall–Kier alpha value is -2.21. The van der Waals surface area contributed by atoms with Crippen LogP contribution in [-0.4, -0.2) is 0 Å². The molecule has 0 aliphatic heterocycles. The van der Waals surface area contributed by atoms with E-state index in [9.17, 15) is 8.78 Å². The second-order valence-corrected chi connectivity index (χ2v) is 3.31. The van der Waals surface area contributed by atoms with Crippen LogP contribution in [0.2, 0.25) is 0 Å². The van der Waals surface area contributed by atoms with Gasteiger partial charge in [0, 0.05) is 11.6 Å². The van der Waals surface area contributed by atoms with Crippen molar-refractivity contribution < 1.29 is 8.78 Å². The van der Waals surface area contributed by atoms with Gasteiger partial charge in [-0.15, -0.1) is 0 Å². The number of hydrogen-bond donors (Lipinski definition) is 0. The Morgan fingerprint density at radius 3 is 2.19 bits per heavy atom. The first-order valence-corrected chi connectivity index (χ1v) is 4.66. The maximum atomic E-state index is 13.4. The van der Waals surface area contributed by atoms with Gasteiger partial charge in [0.05, 0.1) is 11.6 Å². The molecule has 0 spiro atoms. The highest BCUT2D eigenvalue weighted by Gasteiger charge is 2.05. The van der Waals surface area contributed by atoms with Crippen LogP contribution in [0.5, 0.6) is 0 Å². The van der Waals surface area contributed by atoms with Crippen LogP contribution in [0.1, 0.15) is 5.56 Å². The van der Waals surface area contributed by atoms with Crippen molar-refractivity contribution in [2.75, 3.05) is 0 Å². The second kappa shape index (κ2) is 4.11. The Bertz CT molecular complexity index is 553. The van der Waals surface area contributed by atoms with Crippen molar-refractivity contribution in [2.45, 2.75) is 0 Å². The summed E-state index contributed by atoms with van der Waals surface area (Å²) in [6.07, 6.45) is 0. The molecule has 0 unspecified atom stereocenters. The highest BCUT2D eigenvalue weighted by Crippen LogP contribution is 2.23. The number of benzene rings is 2. The van der Waals surface area contributed by atoms with E-state index in [2.05, 4.69) is 0 Å². The number of rotatable bonds is 1. The minimum absolute atomic E-state index is 0.325. The van der Waals surface area contributed by atoms with Crippen LogP contribution in [0, 0.1) is 23.0 Å². The molecule has 2 rings (SSSR count). The van der Waals surface area contributed by atoms with Crippen molar-refractivity contribution in [1.82, 2.24) is 0 Å². The van der Waals surface area contributed by atoms with Gasteiger partial charge in [0.1, 0.15) is 11.6 Å². The van der Waals surface area contributed by atoms with Gasteiger partial charge >= 0.3 is 0 Å². The molecule has 2 aromatic carbocycles. The van der Waals surface area contributed by atoms with E-state index in [4.69, 9.17) is 5.26 Å². The average Bonchev–Trinajstić information content (AvgIpc) is 2.29. The van der Waals surface area contributed by atoms with Gasteiger partial charge in [-0.2, -0.15) is 5.26 Å². The van der Waals surface area contributed by atoms with Crippen LogP contribution in [0.3, 0.4) is 0 Å². The van der Waals surface area contributed by atoms with E-state index in [1.54, 1.807) is 24.3 Å².